The van der Waals surface area contributed by atoms with Crippen LogP contribution in [0.25, 0.3) is 17.4 Å². The number of imide groups is 1. The molecule has 1 aliphatic rings. The topological polar surface area (TPSA) is 90.6 Å². The molecule has 0 N–H and O–H groups in total. The molecule has 0 atom stereocenters. The summed E-state index contributed by atoms with van der Waals surface area (Å²) in [5.74, 6) is -1.36. The number of furan rings is 1. The van der Waals surface area contributed by atoms with Crippen LogP contribution >= 0.6 is 11.8 Å². The predicted octanol–water partition coefficient (Wildman–Crippen LogP) is 3.99. The Kier molecular flexibility index (Phi) is 5.48. The van der Waals surface area contributed by atoms with E-state index in [1.165, 1.54) is 36.4 Å². The Morgan fingerprint density at radius 2 is 1.87 bits per heavy atom. The zero-order chi connectivity index (χ0) is 22.1. The van der Waals surface area contributed by atoms with Gasteiger partial charge in [-0.25, -0.2) is 4.39 Å². The molecule has 0 spiro atoms. The molecule has 2 amide bonds. The first-order valence-electron chi connectivity index (χ1n) is 9.24. The van der Waals surface area contributed by atoms with Crippen molar-refractivity contribution in [2.24, 2.45) is 0 Å². The van der Waals surface area contributed by atoms with Gasteiger partial charge in [-0.2, -0.15) is 0 Å². The van der Waals surface area contributed by atoms with E-state index < -0.39 is 22.9 Å². The second kappa shape index (κ2) is 8.23. The van der Waals surface area contributed by atoms with Gasteiger partial charge in [0.2, 0.25) is 0 Å². The molecule has 0 unspecified atom stereocenters. The number of amides is 2. The molecule has 2 heterocycles. The first kappa shape index (κ1) is 20.6. The highest BCUT2D eigenvalue weighted by Gasteiger charge is 2.35. The molecule has 6 nitrogen and oxygen atoms in total. The second-order valence-corrected chi connectivity index (χ2v) is 7.86. The fraction of sp³-hybridized carbons (Fsp3) is 0.0870. The van der Waals surface area contributed by atoms with Crippen LogP contribution in [0.4, 0.5) is 9.18 Å². The number of carboxylic acid groups (broad SMARTS) is 1. The van der Waals surface area contributed by atoms with Gasteiger partial charge in [-0.1, -0.05) is 30.3 Å². The van der Waals surface area contributed by atoms with E-state index in [9.17, 15) is 23.9 Å². The average molecular weight is 436 g/mol. The molecule has 1 fully saturated rings. The SMILES string of the molecule is Cc1c(C(=O)[O-])cccc1-c1ccc(/C=C2\SC(=O)N(Cc3ccc(F)cc3)C2=O)o1. The molecule has 8 heteroatoms. The maximum atomic E-state index is 13.1. The number of rotatable bonds is 5. The number of hydrogen-bond donors (Lipinski definition) is 0. The molecule has 1 aliphatic heterocycles. The first-order chi connectivity index (χ1) is 14.8. The minimum absolute atomic E-state index is 0.0426. The third kappa shape index (κ3) is 4.15. The Bertz CT molecular complexity index is 1230. The van der Waals surface area contributed by atoms with Crippen LogP contribution in [0, 0.1) is 12.7 Å². The van der Waals surface area contributed by atoms with Crippen molar-refractivity contribution in [2.45, 2.75) is 13.5 Å². The van der Waals surface area contributed by atoms with Gasteiger partial charge in [0.1, 0.15) is 17.3 Å². The van der Waals surface area contributed by atoms with Crippen molar-refractivity contribution >= 4 is 35.0 Å². The largest absolute Gasteiger partial charge is 0.545 e. The number of benzene rings is 2. The Hall–Kier alpha value is -3.65. The van der Waals surface area contributed by atoms with Gasteiger partial charge in [0.15, 0.2) is 0 Å². The highest BCUT2D eigenvalue weighted by atomic mass is 32.2. The summed E-state index contributed by atoms with van der Waals surface area (Å²) in [7, 11) is 0. The summed E-state index contributed by atoms with van der Waals surface area (Å²) in [6, 6.07) is 13.6. The van der Waals surface area contributed by atoms with E-state index in [4.69, 9.17) is 4.42 Å². The van der Waals surface area contributed by atoms with Crippen molar-refractivity contribution in [2.75, 3.05) is 0 Å². The van der Waals surface area contributed by atoms with Crippen LogP contribution in [0.3, 0.4) is 0 Å². The van der Waals surface area contributed by atoms with Gasteiger partial charge in [0.25, 0.3) is 11.1 Å². The summed E-state index contributed by atoms with van der Waals surface area (Å²) in [5, 5.41) is 10.8. The van der Waals surface area contributed by atoms with Gasteiger partial charge >= 0.3 is 0 Å². The predicted molar refractivity (Wildman–Crippen MR) is 111 cm³/mol. The summed E-state index contributed by atoms with van der Waals surface area (Å²) >= 11 is 0.792. The fourth-order valence-corrected chi connectivity index (χ4v) is 4.06. The molecule has 0 radical (unpaired) electrons. The van der Waals surface area contributed by atoms with Gasteiger partial charge in [-0.3, -0.25) is 14.5 Å². The second-order valence-electron chi connectivity index (χ2n) is 6.86. The van der Waals surface area contributed by atoms with E-state index >= 15 is 0 Å². The van der Waals surface area contributed by atoms with Crippen LogP contribution in [0.2, 0.25) is 0 Å². The molecule has 0 bridgehead atoms. The third-order valence-electron chi connectivity index (χ3n) is 4.85. The summed E-state index contributed by atoms with van der Waals surface area (Å²) < 4.78 is 18.8. The molecular weight excluding hydrogens is 421 g/mol. The first-order valence-corrected chi connectivity index (χ1v) is 10.1. The zero-order valence-corrected chi connectivity index (χ0v) is 17.1. The van der Waals surface area contributed by atoms with Gasteiger partial charge in [-0.05, 0) is 54.1 Å². The normalized spacial score (nSPS) is 15.2. The standard InChI is InChI=1S/C23H16FNO5S/c1-13-17(3-2-4-18(13)22(27)28)19-10-9-16(30-19)11-20-21(26)25(23(29)31-20)12-14-5-7-15(24)8-6-14/h2-11H,12H2,1H3,(H,27,28)/p-1/b20-11-. The lowest BCUT2D eigenvalue weighted by molar-refractivity contribution is -0.255. The van der Waals surface area contributed by atoms with Gasteiger partial charge in [-0.15, -0.1) is 0 Å². The van der Waals surface area contributed by atoms with Crippen LogP contribution in [0.15, 0.2) is 63.9 Å². The van der Waals surface area contributed by atoms with Crippen molar-refractivity contribution in [3.8, 4) is 11.3 Å². The van der Waals surface area contributed by atoms with Crippen LogP contribution in [-0.4, -0.2) is 22.0 Å². The molecule has 156 valence electrons. The van der Waals surface area contributed by atoms with Crippen molar-refractivity contribution in [1.82, 2.24) is 4.90 Å². The van der Waals surface area contributed by atoms with Gasteiger partial charge in [0, 0.05) is 17.2 Å². The zero-order valence-electron chi connectivity index (χ0n) is 16.3. The van der Waals surface area contributed by atoms with E-state index in [1.54, 1.807) is 31.2 Å². The highest BCUT2D eigenvalue weighted by molar-refractivity contribution is 8.18. The van der Waals surface area contributed by atoms with Crippen molar-refractivity contribution < 1.29 is 28.3 Å². The Balaban J connectivity index is 1.56. The van der Waals surface area contributed by atoms with E-state index in [0.717, 1.165) is 16.7 Å². The quantitative estimate of drug-likeness (QED) is 0.562. The highest BCUT2D eigenvalue weighted by Crippen LogP contribution is 2.35. The van der Waals surface area contributed by atoms with E-state index in [1.807, 2.05) is 0 Å². The monoisotopic (exact) mass is 436 g/mol. The van der Waals surface area contributed by atoms with Gasteiger partial charge in [0.05, 0.1) is 17.4 Å². The molecule has 1 saturated heterocycles. The number of carbonyl (C=O) groups excluding carboxylic acids is 3. The maximum Gasteiger partial charge on any atom is 0.293 e. The number of thioether (sulfide) groups is 1. The van der Waals surface area contributed by atoms with Crippen LogP contribution in [0.5, 0.6) is 0 Å². The summed E-state index contributed by atoms with van der Waals surface area (Å²) in [6.07, 6.45) is 1.47. The lowest BCUT2D eigenvalue weighted by Gasteiger charge is -2.12. The van der Waals surface area contributed by atoms with Crippen molar-refractivity contribution in [3.05, 3.63) is 87.8 Å². The molecule has 0 aliphatic carbocycles. The Morgan fingerprint density at radius 1 is 1.13 bits per heavy atom. The average Bonchev–Trinajstić information content (AvgIpc) is 3.30. The van der Waals surface area contributed by atoms with Crippen molar-refractivity contribution in [1.29, 1.82) is 0 Å². The van der Waals surface area contributed by atoms with Gasteiger partial charge < -0.3 is 14.3 Å². The van der Waals surface area contributed by atoms with Crippen molar-refractivity contribution in [3.63, 3.8) is 0 Å². The number of carboxylic acids is 1. The fourth-order valence-electron chi connectivity index (χ4n) is 3.24. The third-order valence-corrected chi connectivity index (χ3v) is 5.75. The summed E-state index contributed by atoms with van der Waals surface area (Å²) in [5.41, 5.74) is 1.79. The van der Waals surface area contributed by atoms with E-state index in [0.29, 0.717) is 28.2 Å². The van der Waals surface area contributed by atoms with Crippen LogP contribution < -0.4 is 5.11 Å². The molecule has 4 rings (SSSR count). The molecule has 3 aromatic rings. The van der Waals surface area contributed by atoms with E-state index in [-0.39, 0.29) is 17.0 Å². The Labute approximate surface area is 181 Å². The maximum absolute atomic E-state index is 13.1. The molecular formula is C23H15FNO5S-. The number of halogens is 1. The lowest BCUT2D eigenvalue weighted by atomic mass is 10.0. The summed E-state index contributed by atoms with van der Waals surface area (Å²) in [6.45, 7) is 1.70. The molecule has 31 heavy (non-hydrogen) atoms. The number of carbonyl (C=O) groups is 3. The molecule has 1 aromatic heterocycles. The number of hydrogen-bond acceptors (Lipinski definition) is 6. The number of nitrogens with zero attached hydrogens (tertiary/aromatic N) is 1. The minimum Gasteiger partial charge on any atom is -0.545 e. The Morgan fingerprint density at radius 3 is 2.58 bits per heavy atom. The minimum atomic E-state index is -1.28. The summed E-state index contributed by atoms with van der Waals surface area (Å²) in [4.78, 5) is 37.5. The van der Waals surface area contributed by atoms with E-state index in [2.05, 4.69) is 0 Å². The van der Waals surface area contributed by atoms with Crippen LogP contribution in [-0.2, 0) is 11.3 Å². The van der Waals surface area contributed by atoms with Crippen LogP contribution in [0.1, 0.15) is 27.2 Å². The number of aromatic carboxylic acids is 1. The molecule has 2 aromatic carbocycles. The molecule has 0 saturated carbocycles. The lowest BCUT2D eigenvalue weighted by Crippen LogP contribution is -2.27. The smallest absolute Gasteiger partial charge is 0.293 e.